The van der Waals surface area contributed by atoms with Gasteiger partial charge >= 0.3 is 36.2 Å². The van der Waals surface area contributed by atoms with Crippen molar-refractivity contribution in [3.05, 3.63) is 0 Å². The second kappa shape index (κ2) is 47.0. The summed E-state index contributed by atoms with van der Waals surface area (Å²) in [5.74, 6) is -0.234. The Hall–Kier alpha value is -3.03. The van der Waals surface area contributed by atoms with Crippen LogP contribution >= 0.6 is 57.4 Å². The number of nitrogens with two attached hydrogens (primary N) is 2. The van der Waals surface area contributed by atoms with Crippen LogP contribution in [0.25, 0.3) is 0 Å². The number of aliphatic carboxylic acids is 1. The molecule has 0 aromatic heterocycles. The molecular formula is C48H95Cl3N10O22S7. The molecule has 90 heavy (non-hydrogen) atoms. The van der Waals surface area contributed by atoms with Gasteiger partial charge in [-0.2, -0.15) is 0 Å². The highest BCUT2D eigenvalue weighted by molar-refractivity contribution is 8.13. The van der Waals surface area contributed by atoms with Crippen LogP contribution in [0.5, 0.6) is 0 Å². The summed E-state index contributed by atoms with van der Waals surface area (Å²) in [4.78, 5) is 75.2. The molecule has 0 aliphatic carbocycles. The van der Waals surface area contributed by atoms with Gasteiger partial charge in [0.1, 0.15) is 16.8 Å². The van der Waals surface area contributed by atoms with Crippen molar-refractivity contribution in [2.75, 3.05) is 149 Å². The fraction of sp³-hybridized carbons (Fsp3) is 0.854. The number of halogens is 3. The van der Waals surface area contributed by atoms with Crippen LogP contribution in [0.1, 0.15) is 94.4 Å². The zero-order valence-corrected chi connectivity index (χ0v) is 60.5. The Kier molecular flexibility index (Phi) is 47.6. The molecule has 4 aliphatic heterocycles. The number of sulfonamides is 4. The van der Waals surface area contributed by atoms with Crippen LogP contribution in [0, 0.1) is 0 Å². The smallest absolute Gasteiger partial charge is 0.407 e. The number of nitrogens with one attached hydrogen (secondary N) is 5. The molecule has 532 valence electrons. The third-order valence-electron chi connectivity index (χ3n) is 9.82. The largest absolute Gasteiger partial charge is 0.481 e. The predicted octanol–water partition coefficient (Wildman–Crippen LogP) is 0.999. The van der Waals surface area contributed by atoms with E-state index in [0.717, 1.165) is 18.2 Å². The molecule has 0 unspecified atom stereocenters. The van der Waals surface area contributed by atoms with Crippen molar-refractivity contribution in [3.63, 3.8) is 0 Å². The summed E-state index contributed by atoms with van der Waals surface area (Å²) >= 11 is 12.9. The third-order valence-corrected chi connectivity index (χ3v) is 20.7. The van der Waals surface area contributed by atoms with Crippen LogP contribution in [0.15, 0.2) is 0 Å². The summed E-state index contributed by atoms with van der Waals surface area (Å²) in [5, 5.41) is 18.4. The number of cyclic esters (lactones) is 2. The average molecular weight is 1500 g/mol. The first kappa shape index (κ1) is 91.2. The number of ether oxygens (including phenoxy) is 4. The second-order valence-electron chi connectivity index (χ2n) is 21.7. The van der Waals surface area contributed by atoms with E-state index in [9.17, 15) is 75.7 Å². The van der Waals surface area contributed by atoms with Crippen LogP contribution in [-0.2, 0) is 87.3 Å². The molecule has 4 rings (SSSR count). The van der Waals surface area contributed by atoms with Gasteiger partial charge < -0.3 is 56.8 Å². The van der Waals surface area contributed by atoms with Crippen molar-refractivity contribution in [3.8, 4) is 0 Å². The minimum atomic E-state index is -3.30. The van der Waals surface area contributed by atoms with E-state index in [1.807, 2.05) is 20.8 Å². The molecule has 4 saturated heterocycles. The number of carboxylic acid groups (broad SMARTS) is 1. The molecule has 0 saturated carbocycles. The highest BCUT2D eigenvalue weighted by Gasteiger charge is 2.30. The molecule has 0 aromatic rings. The molecule has 0 atom stereocenters. The highest BCUT2D eigenvalue weighted by Crippen LogP contribution is 2.15. The minimum Gasteiger partial charge on any atom is -0.481 e. The number of esters is 2. The Morgan fingerprint density at radius 1 is 0.589 bits per heavy atom. The number of alkyl carbamates (subject to hydrolysis) is 3. The standard InChI is InChI=1S/C10H21ClN2O4S.C10H20N2O4S.C9H16N2O5S2.C7H16N2O2.C5H12N2O2S.C4H4O3S.C3H6Cl2O2S/c1-10(2,3)17-9(14)12-6-7-13-18(15,16)8-4-5-11;1-10(2,3)16-9(13)11-5-7-12-6-4-8-17(12,14)15;12-8(6-17-7-9(13)14)10-2-4-11-3-1-5-18(11,15)16;1-7(2,3)11-6(10)9-5-4-8;6-2-4-7-3-1-5-10(7,8)9;5-3-1-8-2-4(6)7-3;4-2-1-3-8(5,6)7/h13H,4-8H2,1-3H3,(H,12,14);4-8H2,1-3H3,(H,11,13);1-7H2,(H,10,12)(H,13,14);4-5,8H2,1-3H3,(H,9,10);1-6H2;1-2H2;1-3H2. The van der Waals surface area contributed by atoms with E-state index in [-0.39, 0.29) is 73.1 Å². The van der Waals surface area contributed by atoms with Crippen molar-refractivity contribution in [2.45, 2.75) is 111 Å². The lowest BCUT2D eigenvalue weighted by Gasteiger charge is -2.20. The van der Waals surface area contributed by atoms with Crippen LogP contribution in [0.4, 0.5) is 14.4 Å². The lowest BCUT2D eigenvalue weighted by molar-refractivity contribution is -0.156. The van der Waals surface area contributed by atoms with Gasteiger partial charge in [-0.3, -0.25) is 19.2 Å². The summed E-state index contributed by atoms with van der Waals surface area (Å²) < 4.78 is 136. The number of amides is 4. The molecule has 4 fully saturated rings. The second-order valence-corrected chi connectivity index (χ2v) is 35.5. The fourth-order valence-corrected chi connectivity index (χ4v) is 14.5. The number of thioether (sulfide) groups is 2. The van der Waals surface area contributed by atoms with Crippen molar-refractivity contribution < 1.29 is 99.7 Å². The van der Waals surface area contributed by atoms with Crippen LogP contribution < -0.4 is 37.5 Å². The first-order valence-corrected chi connectivity index (χ1v) is 40.2. The van der Waals surface area contributed by atoms with E-state index < -0.39 is 102 Å². The number of hydrogen-bond donors (Lipinski definition) is 8. The first-order chi connectivity index (χ1) is 41.3. The zero-order chi connectivity index (χ0) is 70.1. The topological polar surface area (TPSA) is 469 Å². The summed E-state index contributed by atoms with van der Waals surface area (Å²) in [6.07, 6.45) is 1.37. The molecule has 4 amide bonds. The quantitative estimate of drug-likeness (QED) is 0.0167. The van der Waals surface area contributed by atoms with Crippen LogP contribution in [0.3, 0.4) is 0 Å². The SMILES string of the molecule is CC(C)(C)OC(=O)NCCN.CC(C)(C)OC(=O)NCCN1CCCS1(=O)=O.CC(C)(C)OC(=O)NCCNS(=O)(=O)CCCCl.NCCN1CCCS1(=O)=O.O=C(O)CSCC(=O)NCCN1CCCS1(=O)=O.O=C1CSCC(=O)O1.O=S(=O)(Cl)CCCCl. The number of hydrogen-bond acceptors (Lipinski definition) is 25. The molecule has 0 bridgehead atoms. The number of carboxylic acids is 1. The molecule has 10 N–H and O–H groups in total. The Morgan fingerprint density at radius 3 is 1.28 bits per heavy atom. The van der Waals surface area contributed by atoms with Gasteiger partial charge in [0, 0.05) is 108 Å². The van der Waals surface area contributed by atoms with Gasteiger partial charge in [-0.05, 0) is 94.4 Å². The third kappa shape index (κ3) is 55.4. The minimum absolute atomic E-state index is 0.0110. The van der Waals surface area contributed by atoms with Crippen LogP contribution in [0.2, 0.25) is 0 Å². The first-order valence-electron chi connectivity index (χ1n) is 27.9. The summed E-state index contributed by atoms with van der Waals surface area (Å²) in [6, 6.07) is 0. The van der Waals surface area contributed by atoms with E-state index >= 15 is 0 Å². The maximum Gasteiger partial charge on any atom is 0.407 e. The number of carbonyl (C=O) groups is 7. The molecule has 0 aromatic carbocycles. The maximum absolute atomic E-state index is 11.4. The molecule has 0 radical (unpaired) electrons. The number of nitrogens with zero attached hydrogens (tertiary/aromatic N) is 3. The fourth-order valence-electron chi connectivity index (χ4n) is 6.29. The Labute approximate surface area is 554 Å². The summed E-state index contributed by atoms with van der Waals surface area (Å²) in [7, 11) is -10.9. The van der Waals surface area contributed by atoms with Gasteiger partial charge in [-0.15, -0.1) is 46.7 Å². The van der Waals surface area contributed by atoms with Gasteiger partial charge in [0.25, 0.3) is 0 Å². The predicted molar refractivity (Wildman–Crippen MR) is 349 cm³/mol. The normalized spacial score (nSPS) is 17.0. The molecule has 42 heteroatoms. The van der Waals surface area contributed by atoms with Gasteiger partial charge in [0.2, 0.25) is 55.1 Å². The number of carbonyl (C=O) groups excluding carboxylic acids is 6. The number of alkyl halides is 2. The Bertz CT molecular complexity index is 2730. The summed E-state index contributed by atoms with van der Waals surface area (Å²) in [6.45, 7) is 20.9. The van der Waals surface area contributed by atoms with E-state index in [2.05, 4.69) is 30.7 Å². The average Bonchev–Trinajstić information content (AvgIpc) is 1.85. The lowest BCUT2D eigenvalue weighted by Crippen LogP contribution is -2.38. The molecule has 4 heterocycles. The highest BCUT2D eigenvalue weighted by atomic mass is 35.7. The van der Waals surface area contributed by atoms with Gasteiger partial charge in [0.05, 0.1) is 51.8 Å². The lowest BCUT2D eigenvalue weighted by atomic mass is 10.2. The molecule has 0 spiro atoms. The Morgan fingerprint density at radius 2 is 0.967 bits per heavy atom. The van der Waals surface area contributed by atoms with E-state index in [1.165, 1.54) is 24.7 Å². The van der Waals surface area contributed by atoms with Crippen LogP contribution in [-0.4, -0.2) is 268 Å². The molecular weight excluding hydrogens is 1400 g/mol. The van der Waals surface area contributed by atoms with Gasteiger partial charge in [0.15, 0.2) is 0 Å². The zero-order valence-electron chi connectivity index (χ0n) is 52.5. The van der Waals surface area contributed by atoms with E-state index in [0.29, 0.717) is 107 Å². The number of rotatable bonds is 24. The molecule has 32 nitrogen and oxygen atoms in total. The maximum atomic E-state index is 11.4. The Balaban J connectivity index is -0.00000100. The van der Waals surface area contributed by atoms with Crippen molar-refractivity contribution in [1.29, 1.82) is 0 Å². The summed E-state index contributed by atoms with van der Waals surface area (Å²) in [5.41, 5.74) is 8.86. The van der Waals surface area contributed by atoms with Crippen molar-refractivity contribution in [2.24, 2.45) is 11.5 Å². The molecule has 4 aliphatic rings. The van der Waals surface area contributed by atoms with Crippen molar-refractivity contribution in [1.82, 2.24) is 38.9 Å². The monoisotopic (exact) mass is 1490 g/mol. The van der Waals surface area contributed by atoms with Gasteiger partial charge in [-0.25, -0.2) is 74.1 Å². The van der Waals surface area contributed by atoms with Crippen molar-refractivity contribution >= 4 is 149 Å². The van der Waals surface area contributed by atoms with E-state index in [1.54, 1.807) is 41.5 Å². The van der Waals surface area contributed by atoms with Gasteiger partial charge in [-0.1, -0.05) is 0 Å². The van der Waals surface area contributed by atoms with E-state index in [4.69, 9.17) is 64.7 Å².